The third-order valence-electron chi connectivity index (χ3n) is 2.67. The van der Waals surface area contributed by atoms with Crippen LogP contribution in [0.1, 0.15) is 11.4 Å². The first-order chi connectivity index (χ1) is 9.51. The van der Waals surface area contributed by atoms with E-state index in [1.165, 1.54) is 19.2 Å². The predicted molar refractivity (Wildman–Crippen MR) is 71.4 cm³/mol. The number of anilines is 2. The Balaban J connectivity index is 2.22. The molecule has 20 heavy (non-hydrogen) atoms. The number of hydrogen-bond acceptors (Lipinski definition) is 5. The molecule has 0 atom stereocenters. The molecule has 0 radical (unpaired) electrons. The molecule has 0 amide bonds. The van der Waals surface area contributed by atoms with Crippen molar-refractivity contribution in [2.24, 2.45) is 0 Å². The van der Waals surface area contributed by atoms with E-state index in [0.717, 1.165) is 6.07 Å². The van der Waals surface area contributed by atoms with Gasteiger partial charge in [0.05, 0.1) is 7.11 Å². The fourth-order valence-corrected chi connectivity index (χ4v) is 1.76. The maximum Gasteiger partial charge on any atom is 0.172 e. The summed E-state index contributed by atoms with van der Waals surface area (Å²) in [5, 5.41) is 2.81. The zero-order valence-corrected chi connectivity index (χ0v) is 11.1. The smallest absolute Gasteiger partial charge is 0.172 e. The SMILES string of the molecule is COc1ccc(F)c(CNc2cc(N)nc(C)n2)c1F. The number of aryl methyl sites for hydroxylation is 1. The Bertz CT molecular complexity index is 614. The van der Waals surface area contributed by atoms with E-state index in [1.54, 1.807) is 6.92 Å². The molecular weight excluding hydrogens is 266 g/mol. The van der Waals surface area contributed by atoms with Crippen molar-refractivity contribution in [1.29, 1.82) is 0 Å². The maximum atomic E-state index is 13.9. The highest BCUT2D eigenvalue weighted by Gasteiger charge is 2.14. The Labute approximate surface area is 114 Å². The van der Waals surface area contributed by atoms with E-state index >= 15 is 0 Å². The summed E-state index contributed by atoms with van der Waals surface area (Å²) in [5.74, 6) is -0.253. The van der Waals surface area contributed by atoms with Crippen LogP contribution in [0, 0.1) is 18.6 Å². The lowest BCUT2D eigenvalue weighted by molar-refractivity contribution is 0.381. The second-order valence-electron chi connectivity index (χ2n) is 4.12. The average Bonchev–Trinajstić information content (AvgIpc) is 2.37. The van der Waals surface area contributed by atoms with Gasteiger partial charge in [-0.2, -0.15) is 0 Å². The van der Waals surface area contributed by atoms with E-state index < -0.39 is 11.6 Å². The van der Waals surface area contributed by atoms with Crippen LogP contribution in [0.5, 0.6) is 5.75 Å². The summed E-state index contributed by atoms with van der Waals surface area (Å²) in [6, 6.07) is 3.88. The second-order valence-corrected chi connectivity index (χ2v) is 4.12. The number of halogens is 2. The van der Waals surface area contributed by atoms with Crippen molar-refractivity contribution in [3.8, 4) is 5.75 Å². The van der Waals surface area contributed by atoms with E-state index in [1.807, 2.05) is 0 Å². The lowest BCUT2D eigenvalue weighted by Gasteiger charge is -2.11. The normalized spacial score (nSPS) is 10.4. The van der Waals surface area contributed by atoms with E-state index in [-0.39, 0.29) is 23.7 Å². The minimum absolute atomic E-state index is 0.0124. The Morgan fingerprint density at radius 3 is 2.70 bits per heavy atom. The van der Waals surface area contributed by atoms with Gasteiger partial charge in [-0.3, -0.25) is 0 Å². The third kappa shape index (κ3) is 2.93. The highest BCUT2D eigenvalue weighted by atomic mass is 19.1. The number of nitrogens with one attached hydrogen (secondary N) is 1. The Hall–Kier alpha value is -2.44. The molecule has 0 aliphatic heterocycles. The Morgan fingerprint density at radius 1 is 1.30 bits per heavy atom. The Kier molecular flexibility index (Phi) is 3.97. The fourth-order valence-electron chi connectivity index (χ4n) is 1.76. The van der Waals surface area contributed by atoms with Crippen molar-refractivity contribution in [2.45, 2.75) is 13.5 Å². The molecule has 2 rings (SSSR count). The summed E-state index contributed by atoms with van der Waals surface area (Å²) >= 11 is 0. The predicted octanol–water partition coefficient (Wildman–Crippen LogP) is 2.27. The number of rotatable bonds is 4. The third-order valence-corrected chi connectivity index (χ3v) is 2.67. The van der Waals surface area contributed by atoms with Gasteiger partial charge < -0.3 is 15.8 Å². The van der Waals surface area contributed by atoms with Crippen LogP contribution in [0.4, 0.5) is 20.4 Å². The highest BCUT2D eigenvalue weighted by Crippen LogP contribution is 2.23. The number of nitrogens with zero attached hydrogens (tertiary/aromatic N) is 2. The topological polar surface area (TPSA) is 73.1 Å². The molecule has 0 saturated heterocycles. The van der Waals surface area contributed by atoms with Gasteiger partial charge in [-0.05, 0) is 19.1 Å². The minimum atomic E-state index is -0.737. The van der Waals surface area contributed by atoms with Crippen LogP contribution in [-0.2, 0) is 6.54 Å². The molecule has 2 aromatic rings. The summed E-state index contributed by atoms with van der Waals surface area (Å²) in [5.41, 5.74) is 5.45. The Morgan fingerprint density at radius 2 is 2.05 bits per heavy atom. The van der Waals surface area contributed by atoms with Crippen molar-refractivity contribution in [3.05, 3.63) is 41.2 Å². The van der Waals surface area contributed by atoms with E-state index in [9.17, 15) is 8.78 Å². The number of ether oxygens (including phenoxy) is 1. The van der Waals surface area contributed by atoms with Crippen LogP contribution in [0.25, 0.3) is 0 Å². The van der Waals surface area contributed by atoms with Gasteiger partial charge in [0.1, 0.15) is 23.3 Å². The fraction of sp³-hybridized carbons (Fsp3) is 0.231. The van der Waals surface area contributed by atoms with Crippen molar-refractivity contribution < 1.29 is 13.5 Å². The number of methoxy groups -OCH3 is 1. The molecule has 0 bridgehead atoms. The van der Waals surface area contributed by atoms with Crippen LogP contribution >= 0.6 is 0 Å². The van der Waals surface area contributed by atoms with E-state index in [4.69, 9.17) is 10.5 Å². The van der Waals surface area contributed by atoms with Crippen LogP contribution in [-0.4, -0.2) is 17.1 Å². The molecule has 0 fully saturated rings. The van der Waals surface area contributed by atoms with Gasteiger partial charge in [-0.1, -0.05) is 0 Å². The molecule has 0 saturated carbocycles. The summed E-state index contributed by atoms with van der Waals surface area (Å²) in [6.45, 7) is 1.60. The van der Waals surface area contributed by atoms with Crippen LogP contribution < -0.4 is 15.8 Å². The average molecular weight is 280 g/mol. The van der Waals surface area contributed by atoms with Crippen LogP contribution in [0.3, 0.4) is 0 Å². The molecule has 0 aliphatic carbocycles. The molecule has 0 aliphatic rings. The van der Waals surface area contributed by atoms with Gasteiger partial charge in [0.15, 0.2) is 11.6 Å². The molecular formula is C13H14F2N4O. The van der Waals surface area contributed by atoms with E-state index in [2.05, 4.69) is 15.3 Å². The monoisotopic (exact) mass is 280 g/mol. The maximum absolute atomic E-state index is 13.9. The molecule has 7 heteroatoms. The zero-order valence-electron chi connectivity index (χ0n) is 11.1. The molecule has 106 valence electrons. The molecule has 0 unspecified atom stereocenters. The lowest BCUT2D eigenvalue weighted by atomic mass is 10.2. The van der Waals surface area contributed by atoms with Crippen LogP contribution in [0.15, 0.2) is 18.2 Å². The largest absolute Gasteiger partial charge is 0.494 e. The summed E-state index contributed by atoms with van der Waals surface area (Å²) < 4.78 is 32.4. The zero-order chi connectivity index (χ0) is 14.7. The summed E-state index contributed by atoms with van der Waals surface area (Å²) in [6.07, 6.45) is 0. The first-order valence-electron chi connectivity index (χ1n) is 5.87. The van der Waals surface area contributed by atoms with Gasteiger partial charge in [-0.15, -0.1) is 0 Å². The minimum Gasteiger partial charge on any atom is -0.494 e. The number of nitrogens with two attached hydrogens (primary N) is 1. The van der Waals surface area contributed by atoms with Crippen molar-refractivity contribution in [3.63, 3.8) is 0 Å². The molecule has 1 aromatic heterocycles. The van der Waals surface area contributed by atoms with Gasteiger partial charge >= 0.3 is 0 Å². The molecule has 0 spiro atoms. The van der Waals surface area contributed by atoms with Crippen molar-refractivity contribution >= 4 is 11.6 Å². The van der Waals surface area contributed by atoms with Gasteiger partial charge in [-0.25, -0.2) is 18.7 Å². The molecule has 1 aromatic carbocycles. The number of aromatic nitrogens is 2. The van der Waals surface area contributed by atoms with Crippen LogP contribution in [0.2, 0.25) is 0 Å². The van der Waals surface area contributed by atoms with Gasteiger partial charge in [0.2, 0.25) is 0 Å². The number of nitrogen functional groups attached to an aromatic ring is 1. The first-order valence-corrected chi connectivity index (χ1v) is 5.87. The lowest BCUT2D eigenvalue weighted by Crippen LogP contribution is -2.08. The van der Waals surface area contributed by atoms with E-state index in [0.29, 0.717) is 11.6 Å². The molecule has 5 nitrogen and oxygen atoms in total. The first kappa shape index (κ1) is 14.0. The van der Waals surface area contributed by atoms with Crippen molar-refractivity contribution in [1.82, 2.24) is 9.97 Å². The summed E-state index contributed by atoms with van der Waals surface area (Å²) in [7, 11) is 1.32. The molecule has 3 N–H and O–H groups in total. The standard InChI is InChI=1S/C13H14F2N4O/c1-7-18-11(16)5-12(19-7)17-6-8-9(14)3-4-10(20-2)13(8)15/h3-5H,6H2,1-2H3,(H3,16,17,18,19). The quantitative estimate of drug-likeness (QED) is 0.898. The van der Waals surface area contributed by atoms with Crippen molar-refractivity contribution in [2.75, 3.05) is 18.2 Å². The highest BCUT2D eigenvalue weighted by molar-refractivity contribution is 5.45. The van der Waals surface area contributed by atoms with Gasteiger partial charge in [0, 0.05) is 18.2 Å². The number of benzene rings is 1. The van der Waals surface area contributed by atoms with Gasteiger partial charge in [0.25, 0.3) is 0 Å². The second kappa shape index (κ2) is 5.68. The number of hydrogen-bond donors (Lipinski definition) is 2. The summed E-state index contributed by atoms with van der Waals surface area (Å²) in [4.78, 5) is 7.98. The molecule has 1 heterocycles.